The van der Waals surface area contributed by atoms with Gasteiger partial charge in [-0.15, -0.1) is 0 Å². The number of ether oxygens (including phenoxy) is 1. The standard InChI is InChI=1S/C18H24O2/c1-20-15-9-4-8-14(12-15)17-11-5-7-13-6-2-3-10-16(13)18(17)19/h2-3,6,10,14-15,17H,4-5,7-9,11-12H2,1H3. The van der Waals surface area contributed by atoms with Gasteiger partial charge < -0.3 is 4.74 Å². The average molecular weight is 272 g/mol. The van der Waals surface area contributed by atoms with Crippen molar-refractivity contribution in [2.45, 2.75) is 51.0 Å². The van der Waals surface area contributed by atoms with Gasteiger partial charge in [0.1, 0.15) is 0 Å². The fourth-order valence-corrected chi connectivity index (χ4v) is 4.03. The Bertz CT molecular complexity index is 480. The minimum Gasteiger partial charge on any atom is -0.381 e. The summed E-state index contributed by atoms with van der Waals surface area (Å²) in [6.07, 6.45) is 8.22. The lowest BCUT2D eigenvalue weighted by atomic mass is 9.74. The number of Topliss-reactive ketones (excluding diaryl/α,β-unsaturated/α-hetero) is 1. The Kier molecular flexibility index (Phi) is 4.21. The zero-order valence-electron chi connectivity index (χ0n) is 12.3. The van der Waals surface area contributed by atoms with Crippen LogP contribution < -0.4 is 0 Å². The first-order valence-corrected chi connectivity index (χ1v) is 7.94. The van der Waals surface area contributed by atoms with Crippen molar-refractivity contribution >= 4 is 5.78 Å². The van der Waals surface area contributed by atoms with Gasteiger partial charge in [0.15, 0.2) is 5.78 Å². The molecule has 1 fully saturated rings. The second-order valence-electron chi connectivity index (χ2n) is 6.30. The number of hydrogen-bond donors (Lipinski definition) is 0. The maximum Gasteiger partial charge on any atom is 0.166 e. The molecule has 2 heteroatoms. The monoisotopic (exact) mass is 272 g/mol. The number of fused-ring (bicyclic) bond motifs is 1. The molecule has 0 bridgehead atoms. The van der Waals surface area contributed by atoms with Crippen LogP contribution in [-0.2, 0) is 11.2 Å². The Morgan fingerprint density at radius 3 is 2.80 bits per heavy atom. The van der Waals surface area contributed by atoms with Crippen molar-refractivity contribution in [3.8, 4) is 0 Å². The second-order valence-corrected chi connectivity index (χ2v) is 6.30. The third-order valence-corrected chi connectivity index (χ3v) is 5.15. The first-order chi connectivity index (χ1) is 9.79. The van der Waals surface area contributed by atoms with Crippen LogP contribution in [0.25, 0.3) is 0 Å². The number of carbonyl (C=O) groups excluding carboxylic acids is 1. The van der Waals surface area contributed by atoms with E-state index in [2.05, 4.69) is 6.07 Å². The maximum absolute atomic E-state index is 12.9. The highest BCUT2D eigenvalue weighted by Gasteiger charge is 2.34. The summed E-state index contributed by atoms with van der Waals surface area (Å²) in [6, 6.07) is 8.19. The van der Waals surface area contributed by atoms with Gasteiger partial charge in [0.2, 0.25) is 0 Å². The first-order valence-electron chi connectivity index (χ1n) is 7.94. The molecule has 3 atom stereocenters. The molecule has 2 aliphatic rings. The number of ketones is 1. The fourth-order valence-electron chi connectivity index (χ4n) is 4.03. The number of hydrogen-bond acceptors (Lipinski definition) is 2. The van der Waals surface area contributed by atoms with Gasteiger partial charge in [0.05, 0.1) is 6.10 Å². The van der Waals surface area contributed by atoms with E-state index < -0.39 is 0 Å². The molecule has 0 amide bonds. The lowest BCUT2D eigenvalue weighted by molar-refractivity contribution is 0.0345. The molecule has 2 nitrogen and oxygen atoms in total. The van der Waals surface area contributed by atoms with Gasteiger partial charge in [-0.05, 0) is 50.0 Å². The van der Waals surface area contributed by atoms with Crippen LogP contribution in [0.3, 0.4) is 0 Å². The van der Waals surface area contributed by atoms with Crippen molar-refractivity contribution in [3.63, 3.8) is 0 Å². The van der Waals surface area contributed by atoms with Crippen molar-refractivity contribution in [3.05, 3.63) is 35.4 Å². The Balaban J connectivity index is 1.82. The van der Waals surface area contributed by atoms with E-state index in [9.17, 15) is 4.79 Å². The van der Waals surface area contributed by atoms with Gasteiger partial charge >= 0.3 is 0 Å². The summed E-state index contributed by atoms with van der Waals surface area (Å²) in [4.78, 5) is 12.9. The molecule has 1 saturated carbocycles. The molecule has 20 heavy (non-hydrogen) atoms. The van der Waals surface area contributed by atoms with Crippen LogP contribution in [0.5, 0.6) is 0 Å². The summed E-state index contributed by atoms with van der Waals surface area (Å²) in [5, 5.41) is 0. The third-order valence-electron chi connectivity index (χ3n) is 5.15. The molecule has 2 aliphatic carbocycles. The summed E-state index contributed by atoms with van der Waals surface area (Å²) in [5.74, 6) is 1.13. The molecule has 0 saturated heterocycles. The Morgan fingerprint density at radius 1 is 1.10 bits per heavy atom. The zero-order valence-corrected chi connectivity index (χ0v) is 12.3. The van der Waals surface area contributed by atoms with Crippen molar-refractivity contribution in [1.29, 1.82) is 0 Å². The predicted octanol–water partition coefficient (Wildman–Crippen LogP) is 4.03. The molecule has 1 aromatic carbocycles. The molecule has 3 unspecified atom stereocenters. The lowest BCUT2D eigenvalue weighted by Gasteiger charge is -2.33. The van der Waals surface area contributed by atoms with Crippen LogP contribution >= 0.6 is 0 Å². The third kappa shape index (κ3) is 2.67. The summed E-state index contributed by atoms with van der Waals surface area (Å²) in [6.45, 7) is 0. The van der Waals surface area contributed by atoms with E-state index in [1.165, 1.54) is 18.4 Å². The van der Waals surface area contributed by atoms with Crippen LogP contribution in [0, 0.1) is 11.8 Å². The van der Waals surface area contributed by atoms with E-state index in [-0.39, 0.29) is 5.92 Å². The highest BCUT2D eigenvalue weighted by Crippen LogP contribution is 2.37. The molecule has 0 aliphatic heterocycles. The Hall–Kier alpha value is -1.15. The van der Waals surface area contributed by atoms with Crippen molar-refractivity contribution in [1.82, 2.24) is 0 Å². The van der Waals surface area contributed by atoms with Crippen molar-refractivity contribution in [2.24, 2.45) is 11.8 Å². The van der Waals surface area contributed by atoms with Gasteiger partial charge in [0, 0.05) is 18.6 Å². The van der Waals surface area contributed by atoms with Crippen LogP contribution in [0.4, 0.5) is 0 Å². The molecule has 0 heterocycles. The molecule has 0 N–H and O–H groups in total. The molecule has 1 aromatic rings. The molecule has 0 spiro atoms. The summed E-state index contributed by atoms with van der Waals surface area (Å²) < 4.78 is 5.54. The van der Waals surface area contributed by atoms with E-state index in [0.29, 0.717) is 17.8 Å². The highest BCUT2D eigenvalue weighted by molar-refractivity contribution is 5.99. The Labute approximate surface area is 121 Å². The Morgan fingerprint density at radius 2 is 1.95 bits per heavy atom. The van der Waals surface area contributed by atoms with Gasteiger partial charge in [-0.25, -0.2) is 0 Å². The van der Waals surface area contributed by atoms with Gasteiger partial charge in [-0.3, -0.25) is 4.79 Å². The average Bonchev–Trinajstić information content (AvgIpc) is 2.67. The van der Waals surface area contributed by atoms with Crippen LogP contribution in [0.1, 0.15) is 54.4 Å². The number of methoxy groups -OCH3 is 1. The van der Waals surface area contributed by atoms with Crippen LogP contribution in [0.2, 0.25) is 0 Å². The predicted molar refractivity (Wildman–Crippen MR) is 80.0 cm³/mol. The van der Waals surface area contributed by atoms with E-state index in [1.807, 2.05) is 18.2 Å². The van der Waals surface area contributed by atoms with E-state index in [4.69, 9.17) is 4.74 Å². The second kappa shape index (κ2) is 6.09. The maximum atomic E-state index is 12.9. The molecule has 108 valence electrons. The van der Waals surface area contributed by atoms with E-state index >= 15 is 0 Å². The smallest absolute Gasteiger partial charge is 0.166 e. The normalized spacial score (nSPS) is 30.6. The fraction of sp³-hybridized carbons (Fsp3) is 0.611. The summed E-state index contributed by atoms with van der Waals surface area (Å²) in [7, 11) is 1.80. The topological polar surface area (TPSA) is 26.3 Å². The summed E-state index contributed by atoms with van der Waals surface area (Å²) >= 11 is 0. The van der Waals surface area contributed by atoms with Crippen LogP contribution in [-0.4, -0.2) is 19.0 Å². The highest BCUT2D eigenvalue weighted by atomic mass is 16.5. The molecule has 0 radical (unpaired) electrons. The van der Waals surface area contributed by atoms with E-state index in [1.54, 1.807) is 7.11 Å². The minimum atomic E-state index is 0.219. The lowest BCUT2D eigenvalue weighted by Crippen LogP contribution is -2.31. The van der Waals surface area contributed by atoms with Gasteiger partial charge in [-0.1, -0.05) is 30.7 Å². The summed E-state index contributed by atoms with van der Waals surface area (Å²) in [5.41, 5.74) is 2.23. The zero-order chi connectivity index (χ0) is 13.9. The van der Waals surface area contributed by atoms with Crippen LogP contribution in [0.15, 0.2) is 24.3 Å². The number of carbonyl (C=O) groups is 1. The van der Waals surface area contributed by atoms with Crippen molar-refractivity contribution < 1.29 is 9.53 Å². The molecular formula is C18H24O2. The number of benzene rings is 1. The minimum absolute atomic E-state index is 0.219. The molecule has 0 aromatic heterocycles. The SMILES string of the molecule is COC1CCCC(C2CCCc3ccccc3C2=O)C1. The largest absolute Gasteiger partial charge is 0.381 e. The van der Waals surface area contributed by atoms with Gasteiger partial charge in [-0.2, -0.15) is 0 Å². The van der Waals surface area contributed by atoms with Crippen molar-refractivity contribution in [2.75, 3.05) is 7.11 Å². The first kappa shape index (κ1) is 13.8. The van der Waals surface area contributed by atoms with Gasteiger partial charge in [0.25, 0.3) is 0 Å². The quantitative estimate of drug-likeness (QED) is 0.760. The molecule has 3 rings (SSSR count). The molecular weight excluding hydrogens is 248 g/mol. The number of aryl methyl sites for hydroxylation is 1. The number of rotatable bonds is 2. The van der Waals surface area contributed by atoms with E-state index in [0.717, 1.165) is 37.7 Å².